The van der Waals surface area contributed by atoms with E-state index in [0.29, 0.717) is 13.2 Å². The molecule has 0 aromatic heterocycles. The van der Waals surface area contributed by atoms with Crippen LogP contribution < -0.4 is 0 Å². The van der Waals surface area contributed by atoms with E-state index in [9.17, 15) is 0 Å². The molecule has 0 aromatic carbocycles. The van der Waals surface area contributed by atoms with Gasteiger partial charge in [-0.05, 0) is 0 Å². The molecule has 0 atom stereocenters. The molecule has 0 radical (unpaired) electrons. The summed E-state index contributed by atoms with van der Waals surface area (Å²) in [4.78, 5) is 26.5. The van der Waals surface area contributed by atoms with E-state index in [2.05, 4.69) is 0 Å². The van der Waals surface area contributed by atoms with Gasteiger partial charge in [-0.1, -0.05) is 0 Å². The van der Waals surface area contributed by atoms with E-state index in [1.807, 2.05) is 6.92 Å². The Morgan fingerprint density at radius 2 is 1.91 bits per heavy atom. The van der Waals surface area contributed by atoms with Crippen LogP contribution in [0.5, 0.6) is 0 Å². The summed E-state index contributed by atoms with van der Waals surface area (Å²) >= 11 is 0. The molecule has 5 heteroatoms. The molecule has 0 amide bonds. The summed E-state index contributed by atoms with van der Waals surface area (Å²) in [5, 5.41) is 0. The summed E-state index contributed by atoms with van der Waals surface area (Å²) in [6.45, 7) is 3.04. The van der Waals surface area contributed by atoms with Gasteiger partial charge in [0.15, 0.2) is 0 Å². The van der Waals surface area contributed by atoms with Gasteiger partial charge >= 0.3 is 65.5 Å². The van der Waals surface area contributed by atoms with E-state index in [4.69, 9.17) is 19.4 Å². The molecule has 11 heavy (non-hydrogen) atoms. The molecule has 1 aliphatic heterocycles. The third-order valence-corrected chi connectivity index (χ3v) is 3.40. The number of hydrogen-bond acceptors (Lipinski definition) is 4. The Labute approximate surface area is 66.4 Å². The fraction of sp³-hybridized carbons (Fsp3) is 1.00. The van der Waals surface area contributed by atoms with Crippen LogP contribution in [0.2, 0.25) is 0 Å². The molecular formula is C6H15O4P. The summed E-state index contributed by atoms with van der Waals surface area (Å²) in [6, 6.07) is 0. The zero-order valence-corrected chi connectivity index (χ0v) is 7.58. The Morgan fingerprint density at radius 3 is 2.00 bits per heavy atom. The van der Waals surface area contributed by atoms with Crippen molar-refractivity contribution >= 4 is 7.94 Å². The molecule has 1 saturated heterocycles. The van der Waals surface area contributed by atoms with Crippen molar-refractivity contribution in [3.8, 4) is 0 Å². The monoisotopic (exact) mass is 182 g/mol. The molecule has 0 spiro atoms. The van der Waals surface area contributed by atoms with Crippen molar-refractivity contribution in [2.45, 2.75) is 13.3 Å². The van der Waals surface area contributed by atoms with Gasteiger partial charge in [-0.25, -0.2) is 0 Å². The van der Waals surface area contributed by atoms with Crippen LogP contribution in [0.15, 0.2) is 0 Å². The second-order valence-electron chi connectivity index (χ2n) is 3.30. The molecule has 68 valence electrons. The van der Waals surface area contributed by atoms with Gasteiger partial charge in [0.05, 0.1) is 0 Å². The van der Waals surface area contributed by atoms with Gasteiger partial charge in [-0.3, -0.25) is 0 Å². The molecule has 3 N–H and O–H groups in total. The number of hydrogen-bond donors (Lipinski definition) is 3. The van der Waals surface area contributed by atoms with Crippen LogP contribution in [0.25, 0.3) is 0 Å². The molecule has 4 nitrogen and oxygen atoms in total. The summed E-state index contributed by atoms with van der Waals surface area (Å²) in [6.07, 6.45) is 0.930. The summed E-state index contributed by atoms with van der Waals surface area (Å²) in [7, 11) is -3.86. The first-order valence-corrected chi connectivity index (χ1v) is 5.77. The van der Waals surface area contributed by atoms with E-state index >= 15 is 0 Å². The predicted molar refractivity (Wildman–Crippen MR) is 43.4 cm³/mol. The van der Waals surface area contributed by atoms with Gasteiger partial charge in [0.25, 0.3) is 0 Å². The number of rotatable bonds is 3. The number of ether oxygens (including phenoxy) is 1. The molecule has 0 unspecified atom stereocenters. The van der Waals surface area contributed by atoms with Crippen molar-refractivity contribution in [1.29, 1.82) is 0 Å². The average Bonchev–Trinajstić information content (AvgIpc) is 1.77. The maximum atomic E-state index is 8.84. The van der Waals surface area contributed by atoms with E-state index in [1.54, 1.807) is 0 Å². The van der Waals surface area contributed by atoms with Crippen LogP contribution in [0, 0.1) is 5.41 Å². The minimum absolute atomic E-state index is 0.108. The summed E-state index contributed by atoms with van der Waals surface area (Å²) in [5.41, 5.74) is -0.162. The molecule has 0 bridgehead atoms. The summed E-state index contributed by atoms with van der Waals surface area (Å²) in [5.74, 6) is 0. The quantitative estimate of drug-likeness (QED) is 0.532. The average molecular weight is 182 g/mol. The zero-order valence-electron chi connectivity index (χ0n) is 6.58. The Kier molecular flexibility index (Phi) is 2.52. The third kappa shape index (κ3) is 2.36. The second-order valence-corrected chi connectivity index (χ2v) is 5.20. The Morgan fingerprint density at radius 1 is 1.36 bits per heavy atom. The molecule has 1 heterocycles. The molecule has 1 fully saturated rings. The van der Waals surface area contributed by atoms with Gasteiger partial charge in [-0.2, -0.15) is 0 Å². The maximum absolute atomic E-state index is 8.84. The Balaban J connectivity index is 2.45. The van der Waals surface area contributed by atoms with Crippen LogP contribution in [-0.4, -0.2) is 34.1 Å². The van der Waals surface area contributed by atoms with E-state index in [-0.39, 0.29) is 11.6 Å². The second kappa shape index (κ2) is 2.96. The summed E-state index contributed by atoms with van der Waals surface area (Å²) < 4.78 is 4.96. The van der Waals surface area contributed by atoms with Crippen LogP contribution >= 0.6 is 7.94 Å². The first-order valence-electron chi connectivity index (χ1n) is 3.72. The predicted octanol–water partition coefficient (Wildman–Crippen LogP) is -0.115. The van der Waals surface area contributed by atoms with Crippen molar-refractivity contribution in [2.75, 3.05) is 19.4 Å². The van der Waals surface area contributed by atoms with Gasteiger partial charge in [-0.15, -0.1) is 0 Å². The van der Waals surface area contributed by atoms with E-state index in [0.717, 1.165) is 6.42 Å². The fourth-order valence-corrected chi connectivity index (χ4v) is 2.79. The normalized spacial score (nSPS) is 24.4. The van der Waals surface area contributed by atoms with Crippen LogP contribution in [0.1, 0.15) is 13.3 Å². The van der Waals surface area contributed by atoms with Crippen molar-refractivity contribution in [1.82, 2.24) is 0 Å². The Hall–Kier alpha value is 0.270. The molecule has 0 aromatic rings. The zero-order chi connectivity index (χ0) is 8.54. The molecular weight excluding hydrogens is 167 g/mol. The van der Waals surface area contributed by atoms with Crippen molar-refractivity contribution in [2.24, 2.45) is 5.41 Å². The first-order chi connectivity index (χ1) is 4.97. The van der Waals surface area contributed by atoms with Crippen LogP contribution in [-0.2, 0) is 4.74 Å². The van der Waals surface area contributed by atoms with Gasteiger partial charge in [0.2, 0.25) is 0 Å². The van der Waals surface area contributed by atoms with Crippen molar-refractivity contribution in [3.05, 3.63) is 0 Å². The molecule has 0 saturated carbocycles. The van der Waals surface area contributed by atoms with E-state index in [1.165, 1.54) is 0 Å². The molecule has 1 aliphatic rings. The Bertz CT molecular complexity index is 132. The molecule has 0 aliphatic carbocycles. The van der Waals surface area contributed by atoms with Gasteiger partial charge < -0.3 is 0 Å². The van der Waals surface area contributed by atoms with Crippen LogP contribution in [0.3, 0.4) is 0 Å². The third-order valence-electron chi connectivity index (χ3n) is 2.18. The van der Waals surface area contributed by atoms with Crippen molar-refractivity contribution in [3.63, 3.8) is 0 Å². The van der Waals surface area contributed by atoms with E-state index < -0.39 is 7.94 Å². The first kappa shape index (κ1) is 9.36. The molecule has 1 rings (SSSR count). The standard InChI is InChI=1S/C6H15O4P/c1-2-6(3-10-4-6)5-11(7,8)9/h7-9,11H,2-5H2,1H3. The van der Waals surface area contributed by atoms with Crippen LogP contribution in [0.4, 0.5) is 0 Å². The topological polar surface area (TPSA) is 69.9 Å². The minimum atomic E-state index is -3.86. The fourth-order valence-electron chi connectivity index (χ4n) is 1.33. The van der Waals surface area contributed by atoms with Crippen molar-refractivity contribution < 1.29 is 19.4 Å². The van der Waals surface area contributed by atoms with Gasteiger partial charge in [0, 0.05) is 0 Å². The SMILES string of the molecule is CCC1(C[PH](O)(O)O)COC1. The van der Waals surface area contributed by atoms with Gasteiger partial charge in [0.1, 0.15) is 0 Å².